The number of halogens is 5. The van der Waals surface area contributed by atoms with E-state index in [9.17, 15) is 19.4 Å². The second-order valence-corrected chi connectivity index (χ2v) is 17.0. The first-order valence-corrected chi connectivity index (χ1v) is 19.1. The van der Waals surface area contributed by atoms with Crippen molar-refractivity contribution in [2.45, 2.75) is 11.8 Å². The van der Waals surface area contributed by atoms with Gasteiger partial charge in [0, 0.05) is 0 Å². The Morgan fingerprint density at radius 2 is 0.812 bits per heavy atom. The van der Waals surface area contributed by atoms with Crippen LogP contribution in [0.15, 0.2) is 138 Å². The van der Waals surface area contributed by atoms with E-state index in [1.54, 1.807) is 12.1 Å². The summed E-state index contributed by atoms with van der Waals surface area (Å²) in [4.78, 5) is -1.82. The molecule has 0 amide bonds. The molecule has 0 saturated heterocycles. The zero-order valence-corrected chi connectivity index (χ0v) is 27.9. The van der Waals surface area contributed by atoms with Gasteiger partial charge in [-0.2, -0.15) is 0 Å². The normalized spacial score (nSPS) is 14.0. The van der Waals surface area contributed by atoms with Gasteiger partial charge in [0.05, 0.1) is 0 Å². The molecule has 7 heteroatoms. The molecular formula is C41H25F5SSe. The summed E-state index contributed by atoms with van der Waals surface area (Å²) in [5.74, 6) is 0. The average Bonchev–Trinajstić information content (AvgIpc) is 3.43. The first-order chi connectivity index (χ1) is 22.9. The Kier molecular flexibility index (Phi) is 5.82. The SMILES string of the molecule is Cc1c2ccccc2c(-c2ccc3c(c2)[se]c2ccc(-c4c5ccccc5c(S(F)(F)(F)(F)F)c5ccccc45)cc23)c2ccccc12. The van der Waals surface area contributed by atoms with E-state index < -0.39 is 25.9 Å². The van der Waals surface area contributed by atoms with Crippen molar-refractivity contribution < 1.29 is 19.4 Å². The molecule has 48 heavy (non-hydrogen) atoms. The molecule has 1 heterocycles. The molecule has 8 aromatic carbocycles. The molecule has 0 aliphatic rings. The molecule has 236 valence electrons. The molecule has 0 nitrogen and oxygen atoms in total. The second kappa shape index (κ2) is 9.48. The summed E-state index contributed by atoms with van der Waals surface area (Å²) in [6.45, 7) is 2.17. The van der Waals surface area contributed by atoms with Gasteiger partial charge in [-0.3, -0.25) is 0 Å². The summed E-state index contributed by atoms with van der Waals surface area (Å²) in [7, 11) is -10.1. The van der Waals surface area contributed by atoms with Crippen LogP contribution in [0.2, 0.25) is 0 Å². The standard InChI is InChI=1S/C41H25F5SSe/c1-24-27-10-2-4-12-30(27)40(31-13-5-3-11-28(24)31)26-18-20-29-36-22-25(19-21-37(36)48-38(29)23-26)39-32-14-6-8-16-34(32)41(47(42,43,44,45)46)35-17-9-7-15-33(35)39/h2-23H,1H3. The fourth-order valence-corrected chi connectivity index (χ4v) is 11.1. The van der Waals surface area contributed by atoms with E-state index in [2.05, 4.69) is 73.7 Å². The Hall–Kier alpha value is -4.68. The molecule has 9 rings (SSSR count). The molecule has 0 saturated carbocycles. The van der Waals surface area contributed by atoms with Crippen LogP contribution in [0, 0.1) is 6.92 Å². The van der Waals surface area contributed by atoms with Gasteiger partial charge in [0.1, 0.15) is 0 Å². The quantitative estimate of drug-likeness (QED) is 0.0967. The first-order valence-electron chi connectivity index (χ1n) is 15.4. The van der Waals surface area contributed by atoms with Gasteiger partial charge in [-0.25, -0.2) is 0 Å². The maximum atomic E-state index is 14.6. The summed E-state index contributed by atoms with van der Waals surface area (Å²) in [5.41, 5.74) is 4.80. The van der Waals surface area contributed by atoms with Crippen LogP contribution in [0.25, 0.3) is 84.6 Å². The van der Waals surface area contributed by atoms with Gasteiger partial charge >= 0.3 is 280 Å². The molecule has 0 radical (unpaired) electrons. The van der Waals surface area contributed by atoms with E-state index in [1.807, 2.05) is 18.2 Å². The van der Waals surface area contributed by atoms with Crippen molar-refractivity contribution in [3.63, 3.8) is 0 Å². The molecule has 9 aromatic rings. The molecular weight excluding hydrogens is 698 g/mol. The molecule has 0 bridgehead atoms. The van der Waals surface area contributed by atoms with Crippen molar-refractivity contribution in [2.75, 3.05) is 0 Å². The van der Waals surface area contributed by atoms with Crippen LogP contribution in [0.3, 0.4) is 0 Å². The predicted molar refractivity (Wildman–Crippen MR) is 195 cm³/mol. The zero-order chi connectivity index (χ0) is 33.1. The fourth-order valence-electron chi connectivity index (χ4n) is 7.56. The van der Waals surface area contributed by atoms with Gasteiger partial charge in [0.25, 0.3) is 0 Å². The third kappa shape index (κ3) is 4.42. The van der Waals surface area contributed by atoms with E-state index in [0.717, 1.165) is 28.5 Å². The van der Waals surface area contributed by atoms with Crippen LogP contribution in [0.5, 0.6) is 0 Å². The van der Waals surface area contributed by atoms with E-state index in [1.165, 1.54) is 65.5 Å². The van der Waals surface area contributed by atoms with Crippen LogP contribution in [-0.2, 0) is 0 Å². The number of hydrogen-bond acceptors (Lipinski definition) is 0. The molecule has 0 atom stereocenters. The van der Waals surface area contributed by atoms with Crippen LogP contribution in [-0.4, -0.2) is 14.5 Å². The average molecular weight is 724 g/mol. The van der Waals surface area contributed by atoms with Gasteiger partial charge in [0.15, 0.2) is 0 Å². The van der Waals surface area contributed by atoms with Crippen molar-refractivity contribution in [1.29, 1.82) is 0 Å². The Morgan fingerprint density at radius 1 is 0.396 bits per heavy atom. The fraction of sp³-hybridized carbons (Fsp3) is 0.0244. The van der Waals surface area contributed by atoms with Crippen molar-refractivity contribution in [3.8, 4) is 22.3 Å². The Morgan fingerprint density at radius 3 is 1.31 bits per heavy atom. The van der Waals surface area contributed by atoms with Gasteiger partial charge in [-0.15, -0.1) is 0 Å². The molecule has 1 aromatic heterocycles. The van der Waals surface area contributed by atoms with Crippen molar-refractivity contribution in [1.82, 2.24) is 0 Å². The molecule has 0 aliphatic carbocycles. The number of aryl methyl sites for hydroxylation is 1. The minimum absolute atomic E-state index is 0.00572. The predicted octanol–water partition coefficient (Wildman–Crippen LogP) is 14.0. The third-order valence-corrected chi connectivity index (χ3v) is 13.1. The molecule has 0 aliphatic heterocycles. The van der Waals surface area contributed by atoms with E-state index in [0.29, 0.717) is 11.1 Å². The number of hydrogen-bond donors (Lipinski definition) is 0. The number of benzene rings is 8. The summed E-state index contributed by atoms with van der Waals surface area (Å²) >= 11 is 0.00572. The maximum absolute atomic E-state index is 14.6. The van der Waals surface area contributed by atoms with E-state index >= 15 is 0 Å². The van der Waals surface area contributed by atoms with Gasteiger partial charge in [0.2, 0.25) is 0 Å². The Bertz CT molecular complexity index is 2720. The van der Waals surface area contributed by atoms with E-state index in [4.69, 9.17) is 0 Å². The van der Waals surface area contributed by atoms with Crippen molar-refractivity contribution in [3.05, 3.63) is 139 Å². The van der Waals surface area contributed by atoms with Crippen LogP contribution < -0.4 is 0 Å². The number of rotatable bonds is 3. The van der Waals surface area contributed by atoms with Crippen molar-refractivity contribution in [2.24, 2.45) is 0 Å². The van der Waals surface area contributed by atoms with Gasteiger partial charge in [-0.1, -0.05) is 0 Å². The van der Waals surface area contributed by atoms with Crippen LogP contribution in [0.1, 0.15) is 5.56 Å². The second-order valence-electron chi connectivity index (χ2n) is 12.4. The van der Waals surface area contributed by atoms with Crippen LogP contribution >= 0.6 is 10.2 Å². The summed E-state index contributed by atoms with van der Waals surface area (Å²) in [5, 5.41) is 6.29. The third-order valence-electron chi connectivity index (χ3n) is 9.52. The Balaban J connectivity index is 1.30. The Labute approximate surface area is 278 Å². The summed E-state index contributed by atoms with van der Waals surface area (Å²) in [6, 6.07) is 40.9. The number of fused-ring (bicyclic) bond motifs is 7. The molecule has 0 N–H and O–H groups in total. The first kappa shape index (κ1) is 29.5. The molecule has 0 fully saturated rings. The zero-order valence-electron chi connectivity index (χ0n) is 25.4. The summed E-state index contributed by atoms with van der Waals surface area (Å²) < 4.78 is 75.6. The van der Waals surface area contributed by atoms with Gasteiger partial charge in [-0.05, 0) is 0 Å². The van der Waals surface area contributed by atoms with Crippen LogP contribution in [0.4, 0.5) is 19.4 Å². The molecule has 0 unspecified atom stereocenters. The van der Waals surface area contributed by atoms with Gasteiger partial charge < -0.3 is 0 Å². The van der Waals surface area contributed by atoms with Crippen molar-refractivity contribution >= 4 is 87.1 Å². The topological polar surface area (TPSA) is 0 Å². The molecule has 0 spiro atoms. The monoisotopic (exact) mass is 724 g/mol. The van der Waals surface area contributed by atoms with E-state index in [-0.39, 0.29) is 25.3 Å². The summed E-state index contributed by atoms with van der Waals surface area (Å²) in [6.07, 6.45) is 0. The minimum atomic E-state index is -10.1.